The molecule has 4 aromatic carbocycles. The molecule has 0 aliphatic heterocycles. The first-order valence-electron chi connectivity index (χ1n) is 12.5. The number of hydrogen-bond acceptors (Lipinski definition) is 4. The van der Waals surface area contributed by atoms with Crippen LogP contribution >= 0.6 is 11.6 Å². The number of carbonyl (C=O) groups excluding carboxylic acids is 1. The minimum absolute atomic E-state index is 0.0918. The van der Waals surface area contributed by atoms with Crippen molar-refractivity contribution in [1.29, 1.82) is 0 Å². The maximum absolute atomic E-state index is 13.1. The predicted molar refractivity (Wildman–Crippen MR) is 151 cm³/mol. The molecule has 1 atom stereocenters. The number of amides is 1. The van der Waals surface area contributed by atoms with Crippen molar-refractivity contribution < 1.29 is 23.8 Å². The number of fused-ring (bicyclic) bond motifs is 1. The van der Waals surface area contributed by atoms with E-state index < -0.39 is 17.9 Å². The van der Waals surface area contributed by atoms with Gasteiger partial charge in [0, 0.05) is 22.4 Å². The average Bonchev–Trinajstić information content (AvgIpc) is 3.29. The summed E-state index contributed by atoms with van der Waals surface area (Å²) in [5, 5.41) is 13.9. The molecule has 0 bridgehead atoms. The van der Waals surface area contributed by atoms with Gasteiger partial charge in [0.15, 0.2) is 5.76 Å². The van der Waals surface area contributed by atoms with E-state index in [2.05, 4.69) is 5.32 Å². The Kier molecular flexibility index (Phi) is 7.66. The molecule has 6 nitrogen and oxygen atoms in total. The third kappa shape index (κ3) is 6.13. The molecule has 1 aromatic heterocycles. The number of halogens is 1. The van der Waals surface area contributed by atoms with Crippen LogP contribution in [0.25, 0.3) is 22.1 Å². The van der Waals surface area contributed by atoms with Crippen molar-refractivity contribution in [3.8, 4) is 16.9 Å². The molecular weight excluding hydrogens is 514 g/mol. The molecule has 0 fully saturated rings. The van der Waals surface area contributed by atoms with Crippen LogP contribution in [0, 0.1) is 6.92 Å². The quantitative estimate of drug-likeness (QED) is 0.209. The molecule has 0 unspecified atom stereocenters. The number of rotatable bonds is 9. The topological polar surface area (TPSA) is 88.8 Å². The van der Waals surface area contributed by atoms with E-state index in [1.807, 2.05) is 72.8 Å². The first-order valence-corrected chi connectivity index (χ1v) is 12.8. The van der Waals surface area contributed by atoms with Gasteiger partial charge < -0.3 is 19.6 Å². The molecule has 1 amide bonds. The fraction of sp³-hybridized carbons (Fsp3) is 0.125. The van der Waals surface area contributed by atoms with Crippen LogP contribution in [0.5, 0.6) is 5.75 Å². The van der Waals surface area contributed by atoms with Gasteiger partial charge in [-0.25, -0.2) is 4.79 Å². The second-order valence-corrected chi connectivity index (χ2v) is 9.70. The maximum Gasteiger partial charge on any atom is 0.326 e. The molecule has 0 saturated heterocycles. The highest BCUT2D eigenvalue weighted by molar-refractivity contribution is 6.30. The summed E-state index contributed by atoms with van der Waals surface area (Å²) in [5.74, 6) is -0.943. The first kappa shape index (κ1) is 26.1. The van der Waals surface area contributed by atoms with Gasteiger partial charge >= 0.3 is 5.97 Å². The largest absolute Gasteiger partial charge is 0.489 e. The zero-order valence-corrected chi connectivity index (χ0v) is 21.9. The Morgan fingerprint density at radius 3 is 2.28 bits per heavy atom. The third-order valence-electron chi connectivity index (χ3n) is 6.54. The minimum Gasteiger partial charge on any atom is -0.489 e. The van der Waals surface area contributed by atoms with E-state index in [4.69, 9.17) is 20.8 Å². The van der Waals surface area contributed by atoms with E-state index in [1.54, 1.807) is 31.2 Å². The number of carboxylic acid groups (broad SMARTS) is 1. The molecule has 2 N–H and O–H groups in total. The number of furan rings is 1. The van der Waals surface area contributed by atoms with Gasteiger partial charge in [-0.1, -0.05) is 78.3 Å². The van der Waals surface area contributed by atoms with Crippen molar-refractivity contribution in [3.05, 3.63) is 125 Å². The van der Waals surface area contributed by atoms with Crippen LogP contribution in [0.3, 0.4) is 0 Å². The number of aryl methyl sites for hydroxylation is 1. The van der Waals surface area contributed by atoms with Crippen molar-refractivity contribution in [3.63, 3.8) is 0 Å². The van der Waals surface area contributed by atoms with E-state index in [-0.39, 0.29) is 12.2 Å². The number of benzene rings is 4. The number of aliphatic carboxylic acids is 1. The van der Waals surface area contributed by atoms with E-state index in [1.165, 1.54) is 0 Å². The van der Waals surface area contributed by atoms with Crippen LogP contribution in [-0.4, -0.2) is 23.0 Å². The normalized spacial score (nSPS) is 11.7. The van der Waals surface area contributed by atoms with Crippen molar-refractivity contribution in [2.75, 3.05) is 0 Å². The van der Waals surface area contributed by atoms with E-state index in [0.717, 1.165) is 27.6 Å². The van der Waals surface area contributed by atoms with Crippen LogP contribution in [-0.2, 0) is 17.8 Å². The van der Waals surface area contributed by atoms with Gasteiger partial charge in [0.05, 0.1) is 0 Å². The summed E-state index contributed by atoms with van der Waals surface area (Å²) in [6, 6.07) is 29.0. The highest BCUT2D eigenvalue weighted by Gasteiger charge is 2.25. The smallest absolute Gasteiger partial charge is 0.326 e. The Balaban J connectivity index is 1.27. The standard InChI is InChI=1S/C32H26ClNO5/c1-20-27-16-11-24(23-9-12-25(33)13-10-23)18-29(27)39-30(20)31(35)34-28(32(36)37)17-21-7-14-26(15-8-21)38-19-22-5-3-2-4-6-22/h2-16,18,28H,17,19H2,1H3,(H,34,35)(H,36,37)/t28-/m1/s1. The molecule has 5 aromatic rings. The zero-order chi connectivity index (χ0) is 27.4. The van der Waals surface area contributed by atoms with Gasteiger partial charge in [-0.05, 0) is 59.5 Å². The van der Waals surface area contributed by atoms with Gasteiger partial charge in [0.25, 0.3) is 5.91 Å². The van der Waals surface area contributed by atoms with E-state index >= 15 is 0 Å². The van der Waals surface area contributed by atoms with Crippen molar-refractivity contribution in [2.24, 2.45) is 0 Å². The van der Waals surface area contributed by atoms with Gasteiger partial charge in [-0.2, -0.15) is 0 Å². The monoisotopic (exact) mass is 539 g/mol. The van der Waals surface area contributed by atoms with Gasteiger partial charge in [0.1, 0.15) is 24.0 Å². The fourth-order valence-electron chi connectivity index (χ4n) is 4.39. The number of hydrogen-bond donors (Lipinski definition) is 2. The van der Waals surface area contributed by atoms with Crippen LogP contribution in [0.15, 0.2) is 101 Å². The van der Waals surface area contributed by atoms with Crippen LogP contribution in [0.1, 0.15) is 27.2 Å². The predicted octanol–water partition coefficient (Wildman–Crippen LogP) is 7.07. The second kappa shape index (κ2) is 11.5. The summed E-state index contributed by atoms with van der Waals surface area (Å²) in [6.45, 7) is 2.22. The Morgan fingerprint density at radius 2 is 1.59 bits per heavy atom. The Labute approximate surface area is 230 Å². The van der Waals surface area contributed by atoms with Gasteiger partial charge in [-0.15, -0.1) is 0 Å². The molecule has 196 valence electrons. The third-order valence-corrected chi connectivity index (χ3v) is 6.79. The van der Waals surface area contributed by atoms with Crippen molar-refractivity contribution in [2.45, 2.75) is 26.0 Å². The van der Waals surface area contributed by atoms with Crippen molar-refractivity contribution >= 4 is 34.4 Å². The number of ether oxygens (including phenoxy) is 1. The van der Waals surface area contributed by atoms with Crippen LogP contribution < -0.4 is 10.1 Å². The molecule has 1 heterocycles. The summed E-state index contributed by atoms with van der Waals surface area (Å²) in [4.78, 5) is 25.1. The highest BCUT2D eigenvalue weighted by atomic mass is 35.5. The molecule has 5 rings (SSSR count). The van der Waals surface area contributed by atoms with Crippen LogP contribution in [0.2, 0.25) is 5.02 Å². The van der Waals surface area contributed by atoms with Crippen LogP contribution in [0.4, 0.5) is 0 Å². The lowest BCUT2D eigenvalue weighted by Crippen LogP contribution is -2.42. The molecule has 39 heavy (non-hydrogen) atoms. The number of carboxylic acids is 1. The zero-order valence-electron chi connectivity index (χ0n) is 21.2. The second-order valence-electron chi connectivity index (χ2n) is 9.26. The summed E-state index contributed by atoms with van der Waals surface area (Å²) < 4.78 is 11.7. The first-order chi connectivity index (χ1) is 18.9. The lowest BCUT2D eigenvalue weighted by Gasteiger charge is -2.14. The lowest BCUT2D eigenvalue weighted by molar-refractivity contribution is -0.139. The van der Waals surface area contributed by atoms with Gasteiger partial charge in [-0.3, -0.25) is 4.79 Å². The number of nitrogens with one attached hydrogen (secondary N) is 1. The Hall–Kier alpha value is -4.55. The van der Waals surface area contributed by atoms with Gasteiger partial charge in [0.2, 0.25) is 0 Å². The number of carbonyl (C=O) groups is 2. The molecule has 0 spiro atoms. The summed E-state index contributed by atoms with van der Waals surface area (Å²) >= 11 is 6.00. The molecular formula is C32H26ClNO5. The minimum atomic E-state index is -1.13. The van der Waals surface area contributed by atoms with E-state index in [9.17, 15) is 14.7 Å². The summed E-state index contributed by atoms with van der Waals surface area (Å²) in [7, 11) is 0. The Bertz CT molecular complexity index is 1610. The summed E-state index contributed by atoms with van der Waals surface area (Å²) in [5.41, 5.74) is 4.88. The fourth-order valence-corrected chi connectivity index (χ4v) is 4.51. The average molecular weight is 540 g/mol. The molecule has 0 aliphatic carbocycles. The van der Waals surface area contributed by atoms with Crippen molar-refractivity contribution in [1.82, 2.24) is 5.32 Å². The summed E-state index contributed by atoms with van der Waals surface area (Å²) in [6.07, 6.45) is 0.111. The molecule has 0 aliphatic rings. The highest BCUT2D eigenvalue weighted by Crippen LogP contribution is 2.30. The maximum atomic E-state index is 13.1. The molecule has 0 radical (unpaired) electrons. The molecule has 7 heteroatoms. The SMILES string of the molecule is Cc1c(C(=O)N[C@H](Cc2ccc(OCc3ccccc3)cc2)C(=O)O)oc2cc(-c3ccc(Cl)cc3)ccc12. The molecule has 0 saturated carbocycles. The van der Waals surface area contributed by atoms with E-state index in [0.29, 0.717) is 28.5 Å². The lowest BCUT2D eigenvalue weighted by atomic mass is 10.0. The Morgan fingerprint density at radius 1 is 0.897 bits per heavy atom.